The molecule has 1 rings (SSSR count). The van der Waals surface area contributed by atoms with Crippen molar-refractivity contribution in [2.45, 2.75) is 0 Å². The maximum atomic E-state index is 8.77. The average Bonchev–Trinajstić information content (AvgIpc) is 2.21. The summed E-state index contributed by atoms with van der Waals surface area (Å²) in [5, 5.41) is 8.77. The Bertz CT molecular complexity index is 156. The topological polar surface area (TPSA) is 35.9 Å². The number of nitrogens with zero attached hydrogens (tertiary/aromatic N) is 2. The lowest BCUT2D eigenvalue weighted by molar-refractivity contribution is 0.0950. The molecule has 1 heterocycles. The van der Waals surface area contributed by atoms with Crippen LogP contribution in [0.1, 0.15) is 0 Å². The molecule has 0 radical (unpaired) electrons. The number of hydrogen-bond acceptors (Lipinski definition) is 4. The van der Waals surface area contributed by atoms with E-state index in [0.29, 0.717) is 0 Å². The van der Waals surface area contributed by atoms with Crippen LogP contribution in [0.2, 0.25) is 0 Å². The summed E-state index contributed by atoms with van der Waals surface area (Å²) in [6.45, 7) is 10.5. The maximum absolute atomic E-state index is 8.77. The van der Waals surface area contributed by atoms with Crippen LogP contribution in [0, 0.1) is 0 Å². The zero-order chi connectivity index (χ0) is 10.2. The first-order chi connectivity index (χ1) is 6.86. The van der Waals surface area contributed by atoms with Crippen molar-refractivity contribution in [3.05, 3.63) is 12.8 Å². The highest BCUT2D eigenvalue weighted by Gasteiger charge is 2.15. The lowest BCUT2D eigenvalue weighted by Crippen LogP contribution is -2.47. The first-order valence-corrected chi connectivity index (χ1v) is 5.15. The molecule has 0 unspecified atom stereocenters. The van der Waals surface area contributed by atoms with E-state index in [0.717, 1.165) is 45.9 Å². The van der Waals surface area contributed by atoms with Crippen LogP contribution in [-0.4, -0.2) is 67.4 Å². The Balaban J connectivity index is 2.06. The molecule has 4 nitrogen and oxygen atoms in total. The van der Waals surface area contributed by atoms with Crippen molar-refractivity contribution < 1.29 is 9.84 Å². The molecule has 0 aliphatic carbocycles. The molecule has 82 valence electrons. The maximum Gasteiger partial charge on any atom is 0.0999 e. The van der Waals surface area contributed by atoms with Gasteiger partial charge in [-0.05, 0) is 0 Å². The van der Waals surface area contributed by atoms with Crippen LogP contribution in [0.15, 0.2) is 12.8 Å². The summed E-state index contributed by atoms with van der Waals surface area (Å²) in [5.41, 5.74) is 0. The smallest absolute Gasteiger partial charge is 0.0999 e. The highest BCUT2D eigenvalue weighted by molar-refractivity contribution is 4.71. The Morgan fingerprint density at radius 2 is 1.71 bits per heavy atom. The van der Waals surface area contributed by atoms with Crippen LogP contribution in [0.4, 0.5) is 0 Å². The van der Waals surface area contributed by atoms with Gasteiger partial charge in [0.25, 0.3) is 0 Å². The zero-order valence-corrected chi connectivity index (χ0v) is 8.69. The molecule has 0 aromatic rings. The molecule has 4 heteroatoms. The molecule has 0 aromatic carbocycles. The van der Waals surface area contributed by atoms with Gasteiger partial charge in [-0.3, -0.25) is 9.80 Å². The van der Waals surface area contributed by atoms with E-state index in [2.05, 4.69) is 16.4 Å². The first kappa shape index (κ1) is 11.5. The SMILES string of the molecule is C=COCCN1CCN(CCO)CC1. The fraction of sp³-hybridized carbons (Fsp3) is 0.800. The van der Waals surface area contributed by atoms with E-state index < -0.39 is 0 Å². The molecule has 0 atom stereocenters. The standard InChI is InChI=1S/C10H20N2O2/c1-2-14-10-8-12-5-3-11(4-6-12)7-9-13/h2,13H,1,3-10H2. The number of ether oxygens (including phenoxy) is 1. The van der Waals surface area contributed by atoms with E-state index in [1.54, 1.807) is 0 Å². The van der Waals surface area contributed by atoms with Crippen molar-refractivity contribution in [1.29, 1.82) is 0 Å². The average molecular weight is 200 g/mol. The third-order valence-corrected chi connectivity index (χ3v) is 2.52. The number of hydrogen-bond donors (Lipinski definition) is 1. The summed E-state index contributed by atoms with van der Waals surface area (Å²) in [4.78, 5) is 4.65. The molecule has 0 spiro atoms. The molecule has 1 aliphatic rings. The molecular weight excluding hydrogens is 180 g/mol. The van der Waals surface area contributed by atoms with Crippen LogP contribution in [-0.2, 0) is 4.74 Å². The third kappa shape index (κ3) is 4.09. The van der Waals surface area contributed by atoms with Crippen LogP contribution >= 0.6 is 0 Å². The normalized spacial score (nSPS) is 19.5. The Hall–Kier alpha value is -0.580. The van der Waals surface area contributed by atoms with Gasteiger partial charge in [-0.1, -0.05) is 6.58 Å². The second kappa shape index (κ2) is 6.81. The Kier molecular flexibility index (Phi) is 5.59. The quantitative estimate of drug-likeness (QED) is 0.474. The van der Waals surface area contributed by atoms with Gasteiger partial charge in [-0.15, -0.1) is 0 Å². The van der Waals surface area contributed by atoms with Gasteiger partial charge < -0.3 is 9.84 Å². The second-order valence-electron chi connectivity index (χ2n) is 3.44. The summed E-state index contributed by atoms with van der Waals surface area (Å²) >= 11 is 0. The summed E-state index contributed by atoms with van der Waals surface area (Å²) in [7, 11) is 0. The van der Waals surface area contributed by atoms with Gasteiger partial charge in [0, 0.05) is 39.3 Å². The summed E-state index contributed by atoms with van der Waals surface area (Å²) in [6, 6.07) is 0. The van der Waals surface area contributed by atoms with E-state index in [4.69, 9.17) is 9.84 Å². The number of aliphatic hydroxyl groups is 1. The minimum absolute atomic E-state index is 0.263. The van der Waals surface area contributed by atoms with Crippen LogP contribution in [0.25, 0.3) is 0 Å². The molecule has 1 saturated heterocycles. The molecule has 0 saturated carbocycles. The monoisotopic (exact) mass is 200 g/mol. The molecule has 0 aromatic heterocycles. The van der Waals surface area contributed by atoms with Crippen molar-refractivity contribution >= 4 is 0 Å². The molecule has 1 N–H and O–H groups in total. The number of aliphatic hydroxyl groups excluding tert-OH is 1. The fourth-order valence-electron chi connectivity index (χ4n) is 1.64. The minimum atomic E-state index is 0.263. The van der Waals surface area contributed by atoms with E-state index in [9.17, 15) is 0 Å². The van der Waals surface area contributed by atoms with Crippen molar-refractivity contribution in [3.8, 4) is 0 Å². The Morgan fingerprint density at radius 3 is 2.21 bits per heavy atom. The first-order valence-electron chi connectivity index (χ1n) is 5.15. The van der Waals surface area contributed by atoms with E-state index in [1.807, 2.05) is 0 Å². The van der Waals surface area contributed by atoms with Gasteiger partial charge in [-0.25, -0.2) is 0 Å². The minimum Gasteiger partial charge on any atom is -0.500 e. The zero-order valence-electron chi connectivity index (χ0n) is 8.69. The molecule has 14 heavy (non-hydrogen) atoms. The number of rotatable bonds is 6. The van der Waals surface area contributed by atoms with E-state index in [-0.39, 0.29) is 6.61 Å². The van der Waals surface area contributed by atoms with Crippen LogP contribution < -0.4 is 0 Å². The van der Waals surface area contributed by atoms with Gasteiger partial charge in [0.05, 0.1) is 19.5 Å². The van der Waals surface area contributed by atoms with Crippen molar-refractivity contribution in [3.63, 3.8) is 0 Å². The summed E-state index contributed by atoms with van der Waals surface area (Å²) in [6.07, 6.45) is 1.49. The second-order valence-corrected chi connectivity index (χ2v) is 3.44. The van der Waals surface area contributed by atoms with Gasteiger partial charge in [0.15, 0.2) is 0 Å². The Morgan fingerprint density at radius 1 is 1.14 bits per heavy atom. The highest BCUT2D eigenvalue weighted by Crippen LogP contribution is 2.00. The third-order valence-electron chi connectivity index (χ3n) is 2.52. The molecular formula is C10H20N2O2. The van der Waals surface area contributed by atoms with E-state index in [1.165, 1.54) is 6.26 Å². The van der Waals surface area contributed by atoms with Crippen molar-refractivity contribution in [1.82, 2.24) is 9.80 Å². The van der Waals surface area contributed by atoms with E-state index >= 15 is 0 Å². The van der Waals surface area contributed by atoms with Crippen molar-refractivity contribution in [2.75, 3.05) is 52.5 Å². The highest BCUT2D eigenvalue weighted by atomic mass is 16.5. The van der Waals surface area contributed by atoms with Crippen LogP contribution in [0.3, 0.4) is 0 Å². The van der Waals surface area contributed by atoms with Gasteiger partial charge in [0.1, 0.15) is 0 Å². The fourth-order valence-corrected chi connectivity index (χ4v) is 1.64. The lowest BCUT2D eigenvalue weighted by atomic mass is 10.3. The number of β-amino-alcohol motifs (C(OH)–C–C–N with tert-alkyl or cyclic N) is 1. The number of piperazine rings is 1. The molecule has 0 bridgehead atoms. The van der Waals surface area contributed by atoms with Crippen molar-refractivity contribution in [2.24, 2.45) is 0 Å². The van der Waals surface area contributed by atoms with Gasteiger partial charge in [-0.2, -0.15) is 0 Å². The van der Waals surface area contributed by atoms with Gasteiger partial charge >= 0.3 is 0 Å². The predicted octanol–water partition coefficient (Wildman–Crippen LogP) is -0.244. The van der Waals surface area contributed by atoms with Crippen LogP contribution in [0.5, 0.6) is 0 Å². The largest absolute Gasteiger partial charge is 0.500 e. The summed E-state index contributed by atoms with van der Waals surface area (Å²) in [5.74, 6) is 0. The summed E-state index contributed by atoms with van der Waals surface area (Å²) < 4.78 is 5.08. The predicted molar refractivity (Wildman–Crippen MR) is 56.1 cm³/mol. The molecule has 0 amide bonds. The van der Waals surface area contributed by atoms with Gasteiger partial charge in [0.2, 0.25) is 0 Å². The molecule has 1 aliphatic heterocycles. The lowest BCUT2D eigenvalue weighted by Gasteiger charge is -2.34. The molecule has 1 fully saturated rings. The Labute approximate surface area is 85.8 Å².